The smallest absolute Gasteiger partial charge is 0.307 e. The fourth-order valence-electron chi connectivity index (χ4n) is 2.17. The molecule has 0 unspecified atom stereocenters. The fraction of sp³-hybridized carbons (Fsp3) is 0.0625. The Labute approximate surface area is 145 Å². The molecular formula is C16H10ClF3N4O. The summed E-state index contributed by atoms with van der Waals surface area (Å²) in [5.41, 5.74) is -0.659. The molecule has 0 aliphatic rings. The molecule has 3 rings (SSSR count). The van der Waals surface area contributed by atoms with Gasteiger partial charge < -0.3 is 5.32 Å². The van der Waals surface area contributed by atoms with Crippen molar-refractivity contribution in [2.45, 2.75) is 6.18 Å². The van der Waals surface area contributed by atoms with Gasteiger partial charge in [0, 0.05) is 5.56 Å². The number of halogens is 4. The third kappa shape index (κ3) is 3.80. The minimum atomic E-state index is -4.56. The molecule has 0 radical (unpaired) electrons. The number of carbonyl (C=O) groups excluding carboxylic acids is 1. The van der Waals surface area contributed by atoms with Crippen LogP contribution in [0.2, 0.25) is 5.15 Å². The van der Waals surface area contributed by atoms with Crippen LogP contribution < -0.4 is 5.32 Å². The summed E-state index contributed by atoms with van der Waals surface area (Å²) in [6, 6.07) is 11.2. The number of carbonyl (C=O) groups is 1. The van der Waals surface area contributed by atoms with Gasteiger partial charge in [0.05, 0.1) is 11.9 Å². The number of hydrogen-bond donors (Lipinski definition) is 1. The van der Waals surface area contributed by atoms with E-state index in [2.05, 4.69) is 15.4 Å². The van der Waals surface area contributed by atoms with Crippen LogP contribution >= 0.6 is 11.6 Å². The summed E-state index contributed by atoms with van der Waals surface area (Å²) in [4.78, 5) is 16.2. The van der Waals surface area contributed by atoms with Gasteiger partial charge in [0.1, 0.15) is 16.7 Å². The molecule has 0 aliphatic carbocycles. The average molecular weight is 367 g/mol. The van der Waals surface area contributed by atoms with Gasteiger partial charge in [-0.05, 0) is 36.4 Å². The highest BCUT2D eigenvalue weighted by Crippen LogP contribution is 2.30. The molecule has 0 fully saturated rings. The average Bonchev–Trinajstić information content (AvgIpc) is 3.05. The van der Waals surface area contributed by atoms with Crippen molar-refractivity contribution in [2.24, 2.45) is 0 Å². The van der Waals surface area contributed by atoms with E-state index in [4.69, 9.17) is 11.6 Å². The molecule has 128 valence electrons. The normalized spacial score (nSPS) is 11.4. The molecule has 2 heterocycles. The molecule has 9 heteroatoms. The van der Waals surface area contributed by atoms with E-state index in [9.17, 15) is 18.0 Å². The molecule has 0 bridgehead atoms. The maximum absolute atomic E-state index is 13.0. The van der Waals surface area contributed by atoms with Crippen LogP contribution in [0, 0.1) is 0 Å². The highest BCUT2D eigenvalue weighted by molar-refractivity contribution is 6.29. The van der Waals surface area contributed by atoms with Crippen LogP contribution in [0.15, 0.2) is 54.7 Å². The molecule has 25 heavy (non-hydrogen) atoms. The lowest BCUT2D eigenvalue weighted by Crippen LogP contribution is -2.15. The Morgan fingerprint density at radius 1 is 1.12 bits per heavy atom. The molecule has 5 nitrogen and oxygen atoms in total. The largest absolute Gasteiger partial charge is 0.433 e. The summed E-state index contributed by atoms with van der Waals surface area (Å²) in [6.45, 7) is 0. The van der Waals surface area contributed by atoms with Crippen LogP contribution in [0.1, 0.15) is 16.1 Å². The number of nitrogens with zero attached hydrogens (tertiary/aromatic N) is 3. The van der Waals surface area contributed by atoms with Crippen LogP contribution in [0.4, 0.5) is 19.0 Å². The van der Waals surface area contributed by atoms with Gasteiger partial charge in [-0.15, -0.1) is 0 Å². The van der Waals surface area contributed by atoms with Crippen molar-refractivity contribution in [3.05, 3.63) is 71.1 Å². The first kappa shape index (κ1) is 17.0. The topological polar surface area (TPSA) is 59.8 Å². The number of amides is 1. The Bertz CT molecular complexity index is 923. The van der Waals surface area contributed by atoms with E-state index in [1.165, 1.54) is 24.3 Å². The fourth-order valence-corrected chi connectivity index (χ4v) is 2.33. The summed E-state index contributed by atoms with van der Waals surface area (Å²) < 4.78 is 39.7. The van der Waals surface area contributed by atoms with E-state index in [0.717, 1.165) is 16.9 Å². The highest BCUT2D eigenvalue weighted by Gasteiger charge is 2.35. The van der Waals surface area contributed by atoms with Crippen LogP contribution in [-0.2, 0) is 6.18 Å². The number of rotatable bonds is 3. The summed E-state index contributed by atoms with van der Waals surface area (Å²) >= 11 is 5.75. The molecule has 0 saturated carbocycles. The zero-order chi connectivity index (χ0) is 18.0. The van der Waals surface area contributed by atoms with Crippen LogP contribution in [0.5, 0.6) is 0 Å². The number of anilines is 1. The lowest BCUT2D eigenvalue weighted by molar-refractivity contribution is -0.142. The molecule has 0 aliphatic heterocycles. The van der Waals surface area contributed by atoms with Crippen LogP contribution in [-0.4, -0.2) is 20.7 Å². The number of alkyl halides is 3. The van der Waals surface area contributed by atoms with Gasteiger partial charge in [-0.25, -0.2) is 9.67 Å². The molecule has 0 atom stereocenters. The van der Waals surface area contributed by atoms with Crippen LogP contribution in [0.25, 0.3) is 5.69 Å². The third-order valence-corrected chi connectivity index (χ3v) is 3.45. The maximum Gasteiger partial charge on any atom is 0.433 e. The molecule has 1 aromatic carbocycles. The first-order valence-electron chi connectivity index (χ1n) is 7.00. The SMILES string of the molecule is O=C(Nc1cccc(Cl)n1)c1cccc(-n2nccc2C(F)(F)F)c1. The highest BCUT2D eigenvalue weighted by atomic mass is 35.5. The van der Waals surface area contributed by atoms with Gasteiger partial charge in [0.15, 0.2) is 0 Å². The van der Waals surface area contributed by atoms with Crippen molar-refractivity contribution in [1.29, 1.82) is 0 Å². The number of hydrogen-bond acceptors (Lipinski definition) is 3. The molecular weight excluding hydrogens is 357 g/mol. The Balaban J connectivity index is 1.90. The summed E-state index contributed by atoms with van der Waals surface area (Å²) in [6.07, 6.45) is -3.51. The van der Waals surface area contributed by atoms with E-state index in [1.54, 1.807) is 18.2 Å². The summed E-state index contributed by atoms with van der Waals surface area (Å²) in [5, 5.41) is 6.42. The van der Waals surface area contributed by atoms with Gasteiger partial charge >= 0.3 is 6.18 Å². The summed E-state index contributed by atoms with van der Waals surface area (Å²) in [7, 11) is 0. The second kappa shape index (κ2) is 6.56. The lowest BCUT2D eigenvalue weighted by Gasteiger charge is -2.11. The molecule has 1 N–H and O–H groups in total. The predicted molar refractivity (Wildman–Crippen MR) is 85.8 cm³/mol. The molecule has 3 aromatic rings. The standard InChI is InChI=1S/C16H10ClF3N4O/c17-13-5-2-6-14(22-13)23-15(25)10-3-1-4-11(9-10)24-12(7-8-21-24)16(18,19)20/h1-9H,(H,22,23,25). The minimum Gasteiger partial charge on any atom is -0.307 e. The number of pyridine rings is 1. The summed E-state index contributed by atoms with van der Waals surface area (Å²) in [5.74, 6) is -0.296. The Morgan fingerprint density at radius 3 is 2.60 bits per heavy atom. The second-order valence-electron chi connectivity index (χ2n) is 4.98. The third-order valence-electron chi connectivity index (χ3n) is 3.24. The predicted octanol–water partition coefficient (Wildman–Crippen LogP) is 4.19. The number of nitrogens with one attached hydrogen (secondary N) is 1. The number of benzene rings is 1. The molecule has 0 spiro atoms. The van der Waals surface area contributed by atoms with Gasteiger partial charge in [0.2, 0.25) is 0 Å². The van der Waals surface area contributed by atoms with Crippen molar-refractivity contribution in [2.75, 3.05) is 5.32 Å². The van der Waals surface area contributed by atoms with Gasteiger partial charge in [0.25, 0.3) is 5.91 Å². The van der Waals surface area contributed by atoms with Crippen LogP contribution in [0.3, 0.4) is 0 Å². The molecule has 2 aromatic heterocycles. The first-order chi connectivity index (χ1) is 11.8. The zero-order valence-electron chi connectivity index (χ0n) is 12.5. The Morgan fingerprint density at radius 2 is 1.88 bits per heavy atom. The van der Waals surface area contributed by atoms with E-state index in [1.807, 2.05) is 0 Å². The Kier molecular flexibility index (Phi) is 4.45. The number of aromatic nitrogens is 3. The second-order valence-corrected chi connectivity index (χ2v) is 5.36. The Hall–Kier alpha value is -2.87. The van der Waals surface area contributed by atoms with Gasteiger partial charge in [-0.1, -0.05) is 23.7 Å². The monoisotopic (exact) mass is 366 g/mol. The van der Waals surface area contributed by atoms with Crippen molar-refractivity contribution >= 4 is 23.3 Å². The van der Waals surface area contributed by atoms with Crippen molar-refractivity contribution in [3.8, 4) is 5.69 Å². The molecule has 0 saturated heterocycles. The van der Waals surface area contributed by atoms with E-state index >= 15 is 0 Å². The van der Waals surface area contributed by atoms with E-state index in [-0.39, 0.29) is 22.2 Å². The maximum atomic E-state index is 13.0. The van der Waals surface area contributed by atoms with Crippen molar-refractivity contribution in [1.82, 2.24) is 14.8 Å². The van der Waals surface area contributed by atoms with Gasteiger partial charge in [-0.3, -0.25) is 4.79 Å². The lowest BCUT2D eigenvalue weighted by atomic mass is 10.2. The quantitative estimate of drug-likeness (QED) is 0.707. The molecule has 1 amide bonds. The van der Waals surface area contributed by atoms with E-state index in [0.29, 0.717) is 0 Å². The zero-order valence-corrected chi connectivity index (χ0v) is 13.2. The first-order valence-corrected chi connectivity index (χ1v) is 7.38. The minimum absolute atomic E-state index is 0.115. The van der Waals surface area contributed by atoms with Gasteiger partial charge in [-0.2, -0.15) is 18.3 Å². The van der Waals surface area contributed by atoms with Crippen molar-refractivity contribution in [3.63, 3.8) is 0 Å². The van der Waals surface area contributed by atoms with E-state index < -0.39 is 17.8 Å². The van der Waals surface area contributed by atoms with Crippen molar-refractivity contribution < 1.29 is 18.0 Å².